The van der Waals surface area contributed by atoms with E-state index < -0.39 is 0 Å². The monoisotopic (exact) mass is 340 g/mol. The molecule has 0 aliphatic carbocycles. The maximum absolute atomic E-state index is 5.98. The van der Waals surface area contributed by atoms with Crippen LogP contribution in [0.1, 0.15) is 37.3 Å². The number of ether oxygens (including phenoxy) is 1. The number of hydrogen-bond donors (Lipinski definition) is 1. The molecule has 0 radical (unpaired) electrons. The van der Waals surface area contributed by atoms with Crippen LogP contribution in [0.2, 0.25) is 0 Å². The van der Waals surface area contributed by atoms with Crippen molar-refractivity contribution in [1.82, 2.24) is 0 Å². The van der Waals surface area contributed by atoms with Gasteiger partial charge in [-0.2, -0.15) is 0 Å². The van der Waals surface area contributed by atoms with Crippen molar-refractivity contribution < 1.29 is 9.64 Å². The van der Waals surface area contributed by atoms with Crippen LogP contribution in [0, 0.1) is 19.8 Å². The molecule has 0 saturated carbocycles. The minimum atomic E-state index is 0.820. The Morgan fingerprint density at radius 3 is 2.85 bits per heavy atom. The molecule has 1 aliphatic heterocycles. The predicted octanol–water partition coefficient (Wildman–Crippen LogP) is 3.15. The van der Waals surface area contributed by atoms with Crippen molar-refractivity contribution in [2.75, 3.05) is 26.2 Å². The van der Waals surface area contributed by atoms with Crippen LogP contribution in [0.5, 0.6) is 5.75 Å². The number of halogens is 1. The highest BCUT2D eigenvalue weighted by atomic mass is 79.9. The fourth-order valence-electron chi connectivity index (χ4n) is 3.21. The van der Waals surface area contributed by atoms with Crippen molar-refractivity contribution in [3.05, 3.63) is 27.7 Å². The van der Waals surface area contributed by atoms with Crippen molar-refractivity contribution in [2.45, 2.75) is 40.0 Å². The van der Waals surface area contributed by atoms with Crippen LogP contribution >= 0.6 is 15.9 Å². The summed E-state index contributed by atoms with van der Waals surface area (Å²) in [6.07, 6.45) is 3.94. The second kappa shape index (κ2) is 7.46. The molecule has 2 atom stereocenters. The first kappa shape index (κ1) is 15.8. The molecule has 0 spiro atoms. The van der Waals surface area contributed by atoms with Gasteiger partial charge < -0.3 is 9.64 Å². The number of rotatable bonds is 5. The zero-order valence-corrected chi connectivity index (χ0v) is 14.6. The number of quaternary nitrogens is 1. The molecule has 3 heteroatoms. The van der Waals surface area contributed by atoms with E-state index in [1.165, 1.54) is 43.6 Å². The molecule has 1 unspecified atom stereocenters. The van der Waals surface area contributed by atoms with Gasteiger partial charge in [0.2, 0.25) is 0 Å². The molecule has 1 N–H and O–H groups in total. The third-order valence-corrected chi connectivity index (χ3v) is 4.75. The molecule has 0 aromatic heterocycles. The van der Waals surface area contributed by atoms with Gasteiger partial charge in [0.05, 0.1) is 30.7 Å². The van der Waals surface area contributed by atoms with E-state index in [9.17, 15) is 0 Å². The van der Waals surface area contributed by atoms with E-state index in [0.717, 1.165) is 29.2 Å². The Morgan fingerprint density at radius 1 is 1.35 bits per heavy atom. The van der Waals surface area contributed by atoms with Crippen LogP contribution in [0.4, 0.5) is 0 Å². The van der Waals surface area contributed by atoms with Gasteiger partial charge in [0.15, 0.2) is 0 Å². The average Bonchev–Trinajstić information content (AvgIpc) is 2.36. The molecule has 1 aliphatic rings. The second-order valence-corrected chi connectivity index (χ2v) is 7.15. The van der Waals surface area contributed by atoms with Crippen molar-refractivity contribution in [3.8, 4) is 5.75 Å². The number of aryl methyl sites for hydroxylation is 2. The van der Waals surface area contributed by atoms with E-state index in [0.29, 0.717) is 0 Å². The zero-order chi connectivity index (χ0) is 14.5. The SMILES string of the molecule is Cc1cc(C)c(OCCC[NH+]2CCC[C@@H](C)C2)c(Br)c1. The minimum Gasteiger partial charge on any atom is -0.492 e. The third kappa shape index (κ3) is 4.49. The summed E-state index contributed by atoms with van der Waals surface area (Å²) in [4.78, 5) is 1.76. The molecule has 2 nitrogen and oxygen atoms in total. The molecule has 20 heavy (non-hydrogen) atoms. The van der Waals surface area contributed by atoms with Crippen LogP contribution in [-0.4, -0.2) is 26.2 Å². The molecule has 0 amide bonds. The van der Waals surface area contributed by atoms with Crippen LogP contribution in [0.25, 0.3) is 0 Å². The number of piperidine rings is 1. The highest BCUT2D eigenvalue weighted by molar-refractivity contribution is 9.10. The molecule has 1 aromatic rings. The standard InChI is InChI=1S/C17H26BrNO/c1-13-6-4-7-19(12-13)8-5-9-20-17-15(3)10-14(2)11-16(17)18/h10-11,13H,4-9,12H2,1-3H3/p+1/t13-/m1/s1. The second-order valence-electron chi connectivity index (χ2n) is 6.30. The van der Waals surface area contributed by atoms with Gasteiger partial charge >= 0.3 is 0 Å². The average molecular weight is 341 g/mol. The molecular weight excluding hydrogens is 314 g/mol. The van der Waals surface area contributed by atoms with Gasteiger partial charge in [-0.3, -0.25) is 0 Å². The number of nitrogens with one attached hydrogen (secondary N) is 1. The maximum Gasteiger partial charge on any atom is 0.136 e. The van der Waals surface area contributed by atoms with E-state index in [4.69, 9.17) is 4.74 Å². The van der Waals surface area contributed by atoms with Gasteiger partial charge in [0.25, 0.3) is 0 Å². The lowest BCUT2D eigenvalue weighted by Crippen LogP contribution is -3.13. The lowest BCUT2D eigenvalue weighted by atomic mass is 10.0. The highest BCUT2D eigenvalue weighted by Crippen LogP contribution is 2.30. The fourth-order valence-corrected chi connectivity index (χ4v) is 3.99. The normalized spacial score (nSPS) is 22.8. The lowest BCUT2D eigenvalue weighted by Gasteiger charge is -2.27. The van der Waals surface area contributed by atoms with Crippen LogP contribution in [-0.2, 0) is 0 Å². The smallest absolute Gasteiger partial charge is 0.136 e. The molecule has 2 rings (SSSR count). The Labute approximate surface area is 131 Å². The van der Waals surface area contributed by atoms with Gasteiger partial charge in [0, 0.05) is 12.3 Å². The van der Waals surface area contributed by atoms with E-state index >= 15 is 0 Å². The molecule has 1 saturated heterocycles. The fraction of sp³-hybridized carbons (Fsp3) is 0.647. The quantitative estimate of drug-likeness (QED) is 0.813. The highest BCUT2D eigenvalue weighted by Gasteiger charge is 2.18. The van der Waals surface area contributed by atoms with Crippen molar-refractivity contribution in [2.24, 2.45) is 5.92 Å². The summed E-state index contributed by atoms with van der Waals surface area (Å²) >= 11 is 3.60. The van der Waals surface area contributed by atoms with Gasteiger partial charge in [-0.15, -0.1) is 0 Å². The van der Waals surface area contributed by atoms with Crippen molar-refractivity contribution in [1.29, 1.82) is 0 Å². The number of likely N-dealkylation sites (tertiary alicyclic amines) is 1. The summed E-state index contributed by atoms with van der Waals surface area (Å²) in [5.41, 5.74) is 2.49. The van der Waals surface area contributed by atoms with Crippen LogP contribution < -0.4 is 9.64 Å². The summed E-state index contributed by atoms with van der Waals surface area (Å²) < 4.78 is 7.06. The Bertz CT molecular complexity index is 424. The zero-order valence-electron chi connectivity index (χ0n) is 13.0. The number of hydrogen-bond acceptors (Lipinski definition) is 1. The number of benzene rings is 1. The predicted molar refractivity (Wildman–Crippen MR) is 87.7 cm³/mol. The van der Waals surface area contributed by atoms with E-state index in [-0.39, 0.29) is 0 Å². The maximum atomic E-state index is 5.98. The summed E-state index contributed by atoms with van der Waals surface area (Å²) in [5, 5.41) is 0. The van der Waals surface area contributed by atoms with Crippen molar-refractivity contribution in [3.63, 3.8) is 0 Å². The van der Waals surface area contributed by atoms with Crippen LogP contribution in [0.15, 0.2) is 16.6 Å². The summed E-state index contributed by atoms with van der Waals surface area (Å²) in [6, 6.07) is 4.30. The van der Waals surface area contributed by atoms with Gasteiger partial charge in [-0.1, -0.05) is 13.0 Å². The van der Waals surface area contributed by atoms with Gasteiger partial charge in [0.1, 0.15) is 5.75 Å². The first-order valence-corrected chi connectivity index (χ1v) is 8.58. The van der Waals surface area contributed by atoms with Crippen molar-refractivity contribution >= 4 is 15.9 Å². The van der Waals surface area contributed by atoms with E-state index in [1.54, 1.807) is 4.90 Å². The first-order valence-electron chi connectivity index (χ1n) is 7.79. The summed E-state index contributed by atoms with van der Waals surface area (Å²) in [6.45, 7) is 11.4. The topological polar surface area (TPSA) is 13.7 Å². The van der Waals surface area contributed by atoms with Gasteiger partial charge in [-0.25, -0.2) is 0 Å². The molecule has 112 valence electrons. The molecular formula is C17H27BrNO+. The molecule has 1 aromatic carbocycles. The lowest BCUT2D eigenvalue weighted by molar-refractivity contribution is -0.908. The third-order valence-electron chi connectivity index (χ3n) is 4.16. The minimum absolute atomic E-state index is 0.820. The largest absolute Gasteiger partial charge is 0.492 e. The van der Waals surface area contributed by atoms with Crippen LogP contribution in [0.3, 0.4) is 0 Å². The Kier molecular flexibility index (Phi) is 5.91. The molecule has 0 bridgehead atoms. The Hall–Kier alpha value is -0.540. The summed E-state index contributed by atoms with van der Waals surface area (Å²) in [7, 11) is 0. The Morgan fingerprint density at radius 2 is 2.15 bits per heavy atom. The molecule has 1 heterocycles. The van der Waals surface area contributed by atoms with Gasteiger partial charge in [-0.05, 0) is 59.8 Å². The first-order chi connectivity index (χ1) is 9.56. The summed E-state index contributed by atoms with van der Waals surface area (Å²) in [5.74, 6) is 1.91. The van der Waals surface area contributed by atoms with E-state index in [2.05, 4.69) is 48.8 Å². The Balaban J connectivity index is 1.76. The van der Waals surface area contributed by atoms with E-state index in [1.807, 2.05) is 0 Å². The molecule has 1 fully saturated rings.